The minimum atomic E-state index is -0.131. The molecule has 1 saturated heterocycles. The highest BCUT2D eigenvalue weighted by Crippen LogP contribution is 2.33. The van der Waals surface area contributed by atoms with E-state index in [4.69, 9.17) is 4.74 Å². The number of halogens is 1. The van der Waals surface area contributed by atoms with Crippen molar-refractivity contribution in [3.05, 3.63) is 35.7 Å². The van der Waals surface area contributed by atoms with Crippen LogP contribution >= 0.6 is 12.4 Å². The minimum absolute atomic E-state index is 0. The molecular formula is C24H39ClN6O. The summed E-state index contributed by atoms with van der Waals surface area (Å²) in [5, 5.41) is 13.1. The molecule has 0 bridgehead atoms. The molecule has 1 aromatic carbocycles. The summed E-state index contributed by atoms with van der Waals surface area (Å²) in [6, 6.07) is 9.23. The highest BCUT2D eigenvalue weighted by molar-refractivity contribution is 5.85. The topological polar surface area (TPSA) is 59.3 Å². The SMILES string of the molecule is CCC(C)(C)n1nnnc1C(c1ccc(OC)cc1)N1CCN(C2CCCCC2)CC1.Cl. The van der Waals surface area contributed by atoms with E-state index < -0.39 is 0 Å². The number of nitrogens with zero attached hydrogens (tertiary/aromatic N) is 6. The Hall–Kier alpha value is -1.70. The van der Waals surface area contributed by atoms with Crippen molar-refractivity contribution in [1.82, 2.24) is 30.0 Å². The van der Waals surface area contributed by atoms with Crippen molar-refractivity contribution in [3.63, 3.8) is 0 Å². The quantitative estimate of drug-likeness (QED) is 0.611. The molecule has 1 aliphatic heterocycles. The summed E-state index contributed by atoms with van der Waals surface area (Å²) >= 11 is 0. The van der Waals surface area contributed by atoms with Gasteiger partial charge in [0, 0.05) is 32.2 Å². The second-order valence-electron chi connectivity index (χ2n) is 9.65. The average molecular weight is 463 g/mol. The van der Waals surface area contributed by atoms with E-state index in [1.54, 1.807) is 7.11 Å². The van der Waals surface area contributed by atoms with Crippen molar-refractivity contribution in [3.8, 4) is 5.75 Å². The summed E-state index contributed by atoms with van der Waals surface area (Å²) in [5.74, 6) is 1.81. The molecule has 1 atom stereocenters. The second kappa shape index (κ2) is 10.9. The zero-order valence-electron chi connectivity index (χ0n) is 20.0. The molecule has 0 N–H and O–H groups in total. The Balaban J connectivity index is 0.00000289. The number of rotatable bonds is 7. The van der Waals surface area contributed by atoms with E-state index in [9.17, 15) is 0 Å². The van der Waals surface area contributed by atoms with Crippen LogP contribution in [0.4, 0.5) is 0 Å². The van der Waals surface area contributed by atoms with Crippen LogP contribution in [0.3, 0.4) is 0 Å². The van der Waals surface area contributed by atoms with E-state index >= 15 is 0 Å². The van der Waals surface area contributed by atoms with E-state index in [1.807, 2.05) is 16.8 Å². The summed E-state index contributed by atoms with van der Waals surface area (Å²) in [4.78, 5) is 5.29. The van der Waals surface area contributed by atoms with Crippen LogP contribution in [0, 0.1) is 0 Å². The lowest BCUT2D eigenvalue weighted by molar-refractivity contribution is 0.0606. The molecule has 1 saturated carbocycles. The van der Waals surface area contributed by atoms with Crippen molar-refractivity contribution < 1.29 is 4.74 Å². The lowest BCUT2D eigenvalue weighted by Crippen LogP contribution is -2.52. The molecule has 7 nitrogen and oxygen atoms in total. The average Bonchev–Trinajstić information content (AvgIpc) is 3.31. The first kappa shape index (κ1) is 24.9. The Kier molecular flexibility index (Phi) is 8.53. The van der Waals surface area contributed by atoms with Gasteiger partial charge in [-0.2, -0.15) is 0 Å². The molecule has 0 amide bonds. The summed E-state index contributed by atoms with van der Waals surface area (Å²) in [6.07, 6.45) is 7.89. The molecule has 1 unspecified atom stereocenters. The number of benzene rings is 1. The molecular weight excluding hydrogens is 424 g/mol. The van der Waals surface area contributed by atoms with Crippen LogP contribution in [0.1, 0.15) is 76.7 Å². The number of methoxy groups -OCH3 is 1. The number of hydrogen-bond acceptors (Lipinski definition) is 6. The van der Waals surface area contributed by atoms with Crippen molar-refractivity contribution in [2.75, 3.05) is 33.3 Å². The van der Waals surface area contributed by atoms with Gasteiger partial charge < -0.3 is 4.74 Å². The predicted molar refractivity (Wildman–Crippen MR) is 130 cm³/mol. The molecule has 2 aromatic rings. The van der Waals surface area contributed by atoms with E-state index in [2.05, 4.69) is 58.2 Å². The molecule has 4 rings (SSSR count). The molecule has 2 aliphatic rings. The fraction of sp³-hybridized carbons (Fsp3) is 0.708. The maximum atomic E-state index is 5.40. The Morgan fingerprint density at radius 3 is 2.28 bits per heavy atom. The maximum absolute atomic E-state index is 5.40. The molecule has 32 heavy (non-hydrogen) atoms. The number of ether oxygens (including phenoxy) is 1. The number of tetrazole rings is 1. The van der Waals surface area contributed by atoms with Crippen LogP contribution in [0.2, 0.25) is 0 Å². The highest BCUT2D eigenvalue weighted by Gasteiger charge is 2.35. The van der Waals surface area contributed by atoms with Crippen LogP contribution in [0.5, 0.6) is 5.75 Å². The molecule has 2 fully saturated rings. The van der Waals surface area contributed by atoms with E-state index in [0.717, 1.165) is 50.2 Å². The van der Waals surface area contributed by atoms with Gasteiger partial charge in [0.1, 0.15) is 5.75 Å². The smallest absolute Gasteiger partial charge is 0.173 e. The van der Waals surface area contributed by atoms with Crippen LogP contribution in [-0.2, 0) is 5.54 Å². The molecule has 178 valence electrons. The predicted octanol–water partition coefficient (Wildman–Crippen LogP) is 4.29. The third kappa shape index (κ3) is 5.26. The zero-order chi connectivity index (χ0) is 21.8. The van der Waals surface area contributed by atoms with Crippen molar-refractivity contribution >= 4 is 12.4 Å². The fourth-order valence-corrected chi connectivity index (χ4v) is 5.06. The van der Waals surface area contributed by atoms with Crippen molar-refractivity contribution in [1.29, 1.82) is 0 Å². The summed E-state index contributed by atoms with van der Waals surface area (Å²) in [6.45, 7) is 10.9. The Morgan fingerprint density at radius 2 is 1.69 bits per heavy atom. The standard InChI is InChI=1S/C24H38N6O.ClH/c1-5-24(2,3)30-23(25-26-27-30)22(19-11-13-21(31-4)14-12-19)29-17-15-28(16-18-29)20-9-7-6-8-10-20;/h11-14,20,22H,5-10,15-18H2,1-4H3;1H. The summed E-state index contributed by atoms with van der Waals surface area (Å²) in [7, 11) is 1.71. The van der Waals surface area contributed by atoms with Gasteiger partial charge in [0.15, 0.2) is 5.82 Å². The molecule has 0 spiro atoms. The van der Waals surface area contributed by atoms with E-state index in [0.29, 0.717) is 0 Å². The van der Waals surface area contributed by atoms with Gasteiger partial charge in [-0.05, 0) is 61.2 Å². The van der Waals surface area contributed by atoms with Crippen molar-refractivity contribution in [2.45, 2.75) is 76.9 Å². The largest absolute Gasteiger partial charge is 0.497 e. The Labute approximate surface area is 198 Å². The molecule has 0 radical (unpaired) electrons. The molecule has 1 aromatic heterocycles. The third-order valence-electron chi connectivity index (χ3n) is 7.41. The van der Waals surface area contributed by atoms with Gasteiger partial charge in [0.25, 0.3) is 0 Å². The highest BCUT2D eigenvalue weighted by atomic mass is 35.5. The van der Waals surface area contributed by atoms with Gasteiger partial charge in [0.05, 0.1) is 18.7 Å². The van der Waals surface area contributed by atoms with Crippen LogP contribution in [0.25, 0.3) is 0 Å². The van der Waals surface area contributed by atoms with E-state index in [-0.39, 0.29) is 24.0 Å². The number of piperazine rings is 1. The lowest BCUT2D eigenvalue weighted by atomic mass is 9.93. The number of hydrogen-bond donors (Lipinski definition) is 0. The maximum Gasteiger partial charge on any atom is 0.173 e. The summed E-state index contributed by atoms with van der Waals surface area (Å²) in [5.41, 5.74) is 1.09. The number of aromatic nitrogens is 4. The third-order valence-corrected chi connectivity index (χ3v) is 7.41. The minimum Gasteiger partial charge on any atom is -0.497 e. The molecule has 8 heteroatoms. The molecule has 2 heterocycles. The molecule has 1 aliphatic carbocycles. The monoisotopic (exact) mass is 462 g/mol. The first-order chi connectivity index (χ1) is 15.0. The zero-order valence-corrected chi connectivity index (χ0v) is 20.9. The Bertz CT molecular complexity index is 825. The van der Waals surface area contributed by atoms with Crippen LogP contribution in [-0.4, -0.2) is 69.3 Å². The van der Waals surface area contributed by atoms with Crippen LogP contribution < -0.4 is 4.74 Å². The summed E-state index contributed by atoms with van der Waals surface area (Å²) < 4.78 is 7.43. The first-order valence-electron chi connectivity index (χ1n) is 11.9. The van der Waals surface area contributed by atoms with Gasteiger partial charge >= 0.3 is 0 Å². The lowest BCUT2D eigenvalue weighted by Gasteiger charge is -2.43. The van der Waals surface area contributed by atoms with Crippen LogP contribution in [0.15, 0.2) is 24.3 Å². The first-order valence-corrected chi connectivity index (χ1v) is 11.9. The fourth-order valence-electron chi connectivity index (χ4n) is 5.06. The van der Waals surface area contributed by atoms with Crippen molar-refractivity contribution in [2.24, 2.45) is 0 Å². The van der Waals surface area contributed by atoms with E-state index in [1.165, 1.54) is 37.7 Å². The van der Waals surface area contributed by atoms with Gasteiger partial charge in [-0.15, -0.1) is 17.5 Å². The Morgan fingerprint density at radius 1 is 1.03 bits per heavy atom. The van der Waals surface area contributed by atoms with Gasteiger partial charge in [-0.1, -0.05) is 38.3 Å². The van der Waals surface area contributed by atoms with Gasteiger partial charge in [0.2, 0.25) is 0 Å². The normalized spacial score (nSPS) is 20.0. The van der Waals surface area contributed by atoms with Gasteiger partial charge in [-0.3, -0.25) is 9.80 Å². The second-order valence-corrected chi connectivity index (χ2v) is 9.65. The van der Waals surface area contributed by atoms with Gasteiger partial charge in [-0.25, -0.2) is 4.68 Å².